The van der Waals surface area contributed by atoms with E-state index in [4.69, 9.17) is 11.6 Å². The van der Waals surface area contributed by atoms with Gasteiger partial charge in [0.25, 0.3) is 0 Å². The number of hydrogen-bond acceptors (Lipinski definition) is 3. The third-order valence-corrected chi connectivity index (χ3v) is 3.50. The smallest absolute Gasteiger partial charge is 0.133 e. The van der Waals surface area contributed by atoms with Gasteiger partial charge in [-0.3, -0.25) is 0 Å². The summed E-state index contributed by atoms with van der Waals surface area (Å²) in [6, 6.07) is 4.69. The van der Waals surface area contributed by atoms with Gasteiger partial charge in [0.05, 0.1) is 0 Å². The van der Waals surface area contributed by atoms with Crippen molar-refractivity contribution in [3.05, 3.63) is 29.0 Å². The monoisotopic (exact) mass is 258 g/mol. The molecule has 0 aliphatic heterocycles. The molecule has 0 amide bonds. The van der Waals surface area contributed by atoms with Gasteiger partial charge in [0, 0.05) is 23.8 Å². The Balaban J connectivity index is 2.52. The zero-order chi connectivity index (χ0) is 12.0. The summed E-state index contributed by atoms with van der Waals surface area (Å²) in [6.07, 6.45) is 5.02. The van der Waals surface area contributed by atoms with Gasteiger partial charge in [-0.05, 0) is 38.3 Å². The van der Waals surface area contributed by atoms with Crippen molar-refractivity contribution in [2.75, 3.05) is 12.0 Å². The zero-order valence-electron chi connectivity index (χ0n) is 10.0. The van der Waals surface area contributed by atoms with Gasteiger partial charge >= 0.3 is 0 Å². The molecule has 4 heteroatoms. The van der Waals surface area contributed by atoms with E-state index in [1.54, 1.807) is 6.20 Å². The van der Waals surface area contributed by atoms with E-state index >= 15 is 0 Å². The lowest BCUT2D eigenvalue weighted by Crippen LogP contribution is -2.29. The van der Waals surface area contributed by atoms with Crippen LogP contribution in [0.4, 0.5) is 0 Å². The molecule has 2 atom stereocenters. The van der Waals surface area contributed by atoms with E-state index < -0.39 is 0 Å². The molecule has 0 fully saturated rings. The van der Waals surface area contributed by atoms with E-state index in [0.717, 1.165) is 5.56 Å². The quantitative estimate of drug-likeness (QED) is 0.791. The SMILES string of the molecule is CSCCC(C)NC(C)c1cccnc1Cl. The average Bonchev–Trinajstić information content (AvgIpc) is 2.26. The topological polar surface area (TPSA) is 24.9 Å². The number of halogens is 1. The van der Waals surface area contributed by atoms with Crippen molar-refractivity contribution in [3.8, 4) is 0 Å². The fourth-order valence-corrected chi connectivity index (χ4v) is 2.49. The van der Waals surface area contributed by atoms with E-state index in [9.17, 15) is 0 Å². The van der Waals surface area contributed by atoms with Crippen LogP contribution in [-0.2, 0) is 0 Å². The Bertz CT molecular complexity index is 320. The molecule has 0 radical (unpaired) electrons. The normalized spacial score (nSPS) is 14.8. The number of pyridine rings is 1. The predicted molar refractivity (Wildman–Crippen MR) is 73.3 cm³/mol. The van der Waals surface area contributed by atoms with E-state index in [1.807, 2.05) is 23.9 Å². The number of hydrogen-bond donors (Lipinski definition) is 1. The van der Waals surface area contributed by atoms with Crippen LogP contribution in [0.1, 0.15) is 31.9 Å². The van der Waals surface area contributed by atoms with Gasteiger partial charge < -0.3 is 5.32 Å². The standard InChI is InChI=1S/C12H19ClN2S/c1-9(6-8-16-3)15-10(2)11-5-4-7-14-12(11)13/h4-5,7,9-10,15H,6,8H2,1-3H3. The summed E-state index contributed by atoms with van der Waals surface area (Å²) in [7, 11) is 0. The molecule has 0 aliphatic rings. The Hall–Kier alpha value is -0.250. The fourth-order valence-electron chi connectivity index (χ4n) is 1.62. The average molecular weight is 259 g/mol. The summed E-state index contributed by atoms with van der Waals surface area (Å²) in [5.74, 6) is 1.18. The van der Waals surface area contributed by atoms with Crippen molar-refractivity contribution in [3.63, 3.8) is 0 Å². The third kappa shape index (κ3) is 4.32. The number of nitrogens with zero attached hydrogens (tertiary/aromatic N) is 1. The number of nitrogens with one attached hydrogen (secondary N) is 1. The molecule has 0 saturated heterocycles. The summed E-state index contributed by atoms with van der Waals surface area (Å²) >= 11 is 7.93. The first-order valence-electron chi connectivity index (χ1n) is 5.50. The molecule has 2 nitrogen and oxygen atoms in total. The van der Waals surface area contributed by atoms with E-state index in [0.29, 0.717) is 11.2 Å². The minimum atomic E-state index is 0.248. The molecule has 1 N–H and O–H groups in total. The molecule has 1 heterocycles. The summed E-state index contributed by atoms with van der Waals surface area (Å²) < 4.78 is 0. The molecule has 1 rings (SSSR count). The molecule has 0 spiro atoms. The first-order chi connectivity index (χ1) is 7.65. The van der Waals surface area contributed by atoms with Gasteiger partial charge in [0.1, 0.15) is 5.15 Å². The molecule has 2 unspecified atom stereocenters. The highest BCUT2D eigenvalue weighted by Crippen LogP contribution is 2.20. The van der Waals surface area contributed by atoms with Crippen molar-refractivity contribution < 1.29 is 0 Å². The molecule has 1 aromatic heterocycles. The minimum absolute atomic E-state index is 0.248. The van der Waals surface area contributed by atoms with Crippen LogP contribution in [0.15, 0.2) is 18.3 Å². The van der Waals surface area contributed by atoms with Gasteiger partial charge in [0.15, 0.2) is 0 Å². The lowest BCUT2D eigenvalue weighted by atomic mass is 10.1. The molecule has 0 saturated carbocycles. The van der Waals surface area contributed by atoms with Gasteiger partial charge in [-0.1, -0.05) is 17.7 Å². The zero-order valence-corrected chi connectivity index (χ0v) is 11.6. The van der Waals surface area contributed by atoms with Crippen LogP contribution in [0.25, 0.3) is 0 Å². The summed E-state index contributed by atoms with van der Waals surface area (Å²) in [5, 5.41) is 4.13. The van der Waals surface area contributed by atoms with Gasteiger partial charge in [-0.15, -0.1) is 0 Å². The van der Waals surface area contributed by atoms with E-state index in [2.05, 4.69) is 30.4 Å². The molecule has 0 bridgehead atoms. The largest absolute Gasteiger partial charge is 0.308 e. The first-order valence-corrected chi connectivity index (χ1v) is 7.27. The second-order valence-electron chi connectivity index (χ2n) is 3.95. The molecule has 0 aromatic carbocycles. The second-order valence-corrected chi connectivity index (χ2v) is 5.30. The summed E-state index contributed by atoms with van der Waals surface area (Å²) in [6.45, 7) is 4.33. The number of thioether (sulfide) groups is 1. The van der Waals surface area contributed by atoms with Crippen molar-refractivity contribution >= 4 is 23.4 Å². The van der Waals surface area contributed by atoms with Crippen LogP contribution in [-0.4, -0.2) is 23.0 Å². The Morgan fingerprint density at radius 2 is 2.25 bits per heavy atom. The van der Waals surface area contributed by atoms with Gasteiger partial charge in [-0.25, -0.2) is 4.98 Å². The molecule has 0 aliphatic carbocycles. The molecular weight excluding hydrogens is 240 g/mol. The van der Waals surface area contributed by atoms with Gasteiger partial charge in [0.2, 0.25) is 0 Å². The molecule has 90 valence electrons. The molecule has 16 heavy (non-hydrogen) atoms. The second kappa shape index (κ2) is 7.15. The van der Waals surface area contributed by atoms with Gasteiger partial charge in [-0.2, -0.15) is 11.8 Å². The van der Waals surface area contributed by atoms with Crippen LogP contribution in [0.5, 0.6) is 0 Å². The summed E-state index contributed by atoms with van der Waals surface area (Å²) in [4.78, 5) is 4.09. The highest BCUT2D eigenvalue weighted by atomic mass is 35.5. The minimum Gasteiger partial charge on any atom is -0.308 e. The van der Waals surface area contributed by atoms with Crippen LogP contribution >= 0.6 is 23.4 Å². The Labute approximate surface area is 107 Å². The Morgan fingerprint density at radius 1 is 1.50 bits per heavy atom. The maximum Gasteiger partial charge on any atom is 0.133 e. The van der Waals surface area contributed by atoms with Crippen LogP contribution in [0, 0.1) is 0 Å². The van der Waals surface area contributed by atoms with E-state index in [1.165, 1.54) is 12.2 Å². The lowest BCUT2D eigenvalue weighted by Gasteiger charge is -2.20. The maximum atomic E-state index is 6.05. The third-order valence-electron chi connectivity index (χ3n) is 2.54. The van der Waals surface area contributed by atoms with Crippen LogP contribution in [0.3, 0.4) is 0 Å². The first kappa shape index (κ1) is 13.8. The highest BCUT2D eigenvalue weighted by Gasteiger charge is 2.12. The number of aromatic nitrogens is 1. The van der Waals surface area contributed by atoms with Crippen LogP contribution < -0.4 is 5.32 Å². The van der Waals surface area contributed by atoms with Crippen molar-refractivity contribution in [2.24, 2.45) is 0 Å². The highest BCUT2D eigenvalue weighted by molar-refractivity contribution is 7.98. The summed E-state index contributed by atoms with van der Waals surface area (Å²) in [5.41, 5.74) is 1.07. The lowest BCUT2D eigenvalue weighted by molar-refractivity contribution is 0.471. The van der Waals surface area contributed by atoms with Crippen molar-refractivity contribution in [1.29, 1.82) is 0 Å². The van der Waals surface area contributed by atoms with Crippen molar-refractivity contribution in [2.45, 2.75) is 32.4 Å². The molecular formula is C12H19ClN2S. The fraction of sp³-hybridized carbons (Fsp3) is 0.583. The maximum absolute atomic E-state index is 6.05. The number of rotatable bonds is 6. The van der Waals surface area contributed by atoms with Crippen LogP contribution in [0.2, 0.25) is 5.15 Å². The van der Waals surface area contributed by atoms with E-state index in [-0.39, 0.29) is 6.04 Å². The Morgan fingerprint density at radius 3 is 2.88 bits per heavy atom. The van der Waals surface area contributed by atoms with Crippen molar-refractivity contribution in [1.82, 2.24) is 10.3 Å². The predicted octanol–water partition coefficient (Wildman–Crippen LogP) is 3.53. The Kier molecular flexibility index (Phi) is 6.17. The molecule has 1 aromatic rings.